The molecule has 3 atom stereocenters. The molecule has 2 fully saturated rings. The highest BCUT2D eigenvalue weighted by atomic mass is 35.5. The zero-order valence-electron chi connectivity index (χ0n) is 23.4. The number of amides is 1. The fourth-order valence-corrected chi connectivity index (χ4v) is 6.86. The van der Waals surface area contributed by atoms with Crippen molar-refractivity contribution in [3.8, 4) is 11.9 Å². The van der Waals surface area contributed by atoms with Gasteiger partial charge in [0.15, 0.2) is 0 Å². The highest BCUT2D eigenvalue weighted by molar-refractivity contribution is 6.43. The Balaban J connectivity index is 1.54. The van der Waals surface area contributed by atoms with Gasteiger partial charge in [0.25, 0.3) is 0 Å². The van der Waals surface area contributed by atoms with Crippen molar-refractivity contribution in [2.75, 3.05) is 49.6 Å². The van der Waals surface area contributed by atoms with Crippen LogP contribution in [-0.2, 0) is 17.8 Å². The van der Waals surface area contributed by atoms with Gasteiger partial charge in [0.05, 0.1) is 33.7 Å². The van der Waals surface area contributed by atoms with E-state index in [9.17, 15) is 10.1 Å². The molecule has 5 rings (SSSR count). The number of likely N-dealkylation sites (tertiary alicyclic amines) is 1. The number of nitriles is 1. The molecule has 0 unspecified atom stereocenters. The van der Waals surface area contributed by atoms with E-state index in [1.54, 1.807) is 6.07 Å². The molecule has 10 heteroatoms. The summed E-state index contributed by atoms with van der Waals surface area (Å²) in [5, 5.41) is 11.5. The number of ether oxygens (including phenoxy) is 1. The number of likely N-dealkylation sites (N-methyl/N-ethyl adjacent to an activating group) is 1. The Morgan fingerprint density at radius 1 is 1.23 bits per heavy atom. The summed E-state index contributed by atoms with van der Waals surface area (Å²) in [5.41, 5.74) is 4.14. The topological polar surface area (TPSA) is 75.9 Å². The Labute approximate surface area is 246 Å². The van der Waals surface area contributed by atoms with Crippen molar-refractivity contribution in [3.63, 3.8) is 0 Å². The number of benzene rings is 1. The number of halogens is 2. The molecule has 0 bridgehead atoms. The van der Waals surface area contributed by atoms with Crippen LogP contribution in [0, 0.1) is 11.3 Å². The van der Waals surface area contributed by atoms with Crippen molar-refractivity contribution in [3.05, 3.63) is 57.7 Å². The fourth-order valence-electron chi connectivity index (χ4n) is 6.44. The molecule has 0 saturated carbocycles. The Bertz CT molecular complexity index is 1330. The zero-order valence-corrected chi connectivity index (χ0v) is 24.9. The van der Waals surface area contributed by atoms with E-state index in [1.165, 1.54) is 6.08 Å². The number of rotatable bonds is 6. The van der Waals surface area contributed by atoms with Gasteiger partial charge in [-0.1, -0.05) is 35.8 Å². The quantitative estimate of drug-likeness (QED) is 0.448. The van der Waals surface area contributed by atoms with Gasteiger partial charge >= 0.3 is 0 Å². The summed E-state index contributed by atoms with van der Waals surface area (Å²) in [7, 11) is 2.11. The van der Waals surface area contributed by atoms with E-state index in [-0.39, 0.29) is 18.0 Å². The van der Waals surface area contributed by atoms with Crippen molar-refractivity contribution in [1.82, 2.24) is 14.8 Å². The Hall–Kier alpha value is -2.99. The van der Waals surface area contributed by atoms with Crippen molar-refractivity contribution in [1.29, 1.82) is 5.26 Å². The summed E-state index contributed by atoms with van der Waals surface area (Å²) >= 11 is 12.9. The molecule has 0 spiro atoms. The van der Waals surface area contributed by atoms with E-state index in [1.807, 2.05) is 30.9 Å². The number of aromatic nitrogens is 1. The summed E-state index contributed by atoms with van der Waals surface area (Å²) in [4.78, 5) is 26.1. The summed E-state index contributed by atoms with van der Waals surface area (Å²) in [6.07, 6.45) is 4.26. The van der Waals surface area contributed by atoms with Gasteiger partial charge in [-0.3, -0.25) is 4.79 Å². The van der Waals surface area contributed by atoms with E-state index in [0.29, 0.717) is 66.7 Å². The molecule has 212 valence electrons. The van der Waals surface area contributed by atoms with Gasteiger partial charge in [-0.05, 0) is 64.9 Å². The maximum Gasteiger partial charge on any atom is 0.246 e. The maximum absolute atomic E-state index is 12.6. The van der Waals surface area contributed by atoms with Crippen LogP contribution in [0.2, 0.25) is 10.0 Å². The lowest BCUT2D eigenvalue weighted by Crippen LogP contribution is -2.58. The lowest BCUT2D eigenvalue weighted by molar-refractivity contribution is -0.130. The highest BCUT2D eigenvalue weighted by Crippen LogP contribution is 2.41. The van der Waals surface area contributed by atoms with Crippen molar-refractivity contribution >= 4 is 40.5 Å². The van der Waals surface area contributed by atoms with Crippen LogP contribution in [-0.4, -0.2) is 78.7 Å². The number of carbonyl (C=O) groups is 1. The average Bonchev–Trinajstić information content (AvgIpc) is 3.35. The molecular formula is C30H36Cl2N6O2. The number of fused-ring (bicyclic) bond motifs is 1. The first-order valence-electron chi connectivity index (χ1n) is 13.9. The van der Waals surface area contributed by atoms with Gasteiger partial charge in [0, 0.05) is 43.3 Å². The van der Waals surface area contributed by atoms with Crippen molar-refractivity contribution in [2.24, 2.45) is 0 Å². The standard InChI is InChI=1S/C30H36Cl2N6O2/c1-5-27(39)38-19(2)15-37(16-20(38)3)29-22-11-13-36(26-10-6-9-24(31)28(26)32)17-25(22)34-30(23(29)14-33)40-18-21-8-7-12-35(21)4/h5-6,9-10,19-21H,1,7-8,11-13,15-18H2,2-4H3/t19-,20+,21-/m0/s1. The lowest BCUT2D eigenvalue weighted by atomic mass is 9.96. The highest BCUT2D eigenvalue weighted by Gasteiger charge is 2.36. The summed E-state index contributed by atoms with van der Waals surface area (Å²) < 4.78 is 6.35. The molecule has 2 saturated heterocycles. The first-order valence-corrected chi connectivity index (χ1v) is 14.7. The van der Waals surface area contributed by atoms with Gasteiger partial charge in [-0.15, -0.1) is 0 Å². The molecule has 4 heterocycles. The van der Waals surface area contributed by atoms with E-state index < -0.39 is 0 Å². The minimum absolute atomic E-state index is 0.0496. The molecule has 3 aliphatic rings. The van der Waals surface area contributed by atoms with Gasteiger partial charge in [-0.25, -0.2) is 4.98 Å². The van der Waals surface area contributed by atoms with Crippen LogP contribution in [0.15, 0.2) is 30.9 Å². The van der Waals surface area contributed by atoms with E-state index >= 15 is 0 Å². The summed E-state index contributed by atoms with van der Waals surface area (Å²) in [5.74, 6) is 0.302. The monoisotopic (exact) mass is 582 g/mol. The van der Waals surface area contributed by atoms with E-state index in [4.69, 9.17) is 32.9 Å². The second-order valence-electron chi connectivity index (χ2n) is 11.1. The molecule has 1 aromatic carbocycles. The zero-order chi connectivity index (χ0) is 28.6. The number of piperazine rings is 1. The first kappa shape index (κ1) is 28.5. The molecule has 3 aliphatic heterocycles. The SMILES string of the molecule is C=CC(=O)N1[C@H](C)CN(c2c(C#N)c(OC[C@@H]3CCCN3C)nc3c2CCN(c2cccc(Cl)c2Cl)C3)C[C@@H]1C. The van der Waals surface area contributed by atoms with E-state index in [0.717, 1.165) is 42.0 Å². The Morgan fingerprint density at radius 2 is 1.98 bits per heavy atom. The smallest absolute Gasteiger partial charge is 0.246 e. The van der Waals surface area contributed by atoms with Crippen LogP contribution in [0.5, 0.6) is 5.88 Å². The third kappa shape index (κ3) is 5.35. The van der Waals surface area contributed by atoms with Gasteiger partial charge < -0.3 is 24.3 Å². The molecule has 0 N–H and O–H groups in total. The average molecular weight is 584 g/mol. The molecule has 1 amide bonds. The third-order valence-electron chi connectivity index (χ3n) is 8.43. The molecule has 0 radical (unpaired) electrons. The molecule has 1 aromatic heterocycles. The number of hydrogen-bond acceptors (Lipinski definition) is 7. The number of hydrogen-bond donors (Lipinski definition) is 0. The van der Waals surface area contributed by atoms with Gasteiger partial charge in [0.2, 0.25) is 11.8 Å². The maximum atomic E-state index is 12.6. The Kier molecular flexibility index (Phi) is 8.46. The molecular weight excluding hydrogens is 547 g/mol. The van der Waals surface area contributed by atoms with Crippen LogP contribution in [0.1, 0.15) is 43.5 Å². The predicted molar refractivity (Wildman–Crippen MR) is 159 cm³/mol. The normalized spacial score (nSPS) is 23.1. The van der Waals surface area contributed by atoms with Crippen LogP contribution in [0.3, 0.4) is 0 Å². The predicted octanol–water partition coefficient (Wildman–Crippen LogP) is 4.91. The van der Waals surface area contributed by atoms with Crippen molar-refractivity contribution < 1.29 is 9.53 Å². The number of carbonyl (C=O) groups excluding carboxylic acids is 1. The lowest BCUT2D eigenvalue weighted by Gasteiger charge is -2.46. The summed E-state index contributed by atoms with van der Waals surface area (Å²) in [6, 6.07) is 8.29. The van der Waals surface area contributed by atoms with Crippen LogP contribution >= 0.6 is 23.2 Å². The minimum Gasteiger partial charge on any atom is -0.475 e. The number of pyridine rings is 1. The van der Waals surface area contributed by atoms with Crippen LogP contribution in [0.4, 0.5) is 11.4 Å². The van der Waals surface area contributed by atoms with Gasteiger partial charge in [-0.2, -0.15) is 5.26 Å². The molecule has 2 aromatic rings. The van der Waals surface area contributed by atoms with Crippen molar-refractivity contribution in [2.45, 2.75) is 57.8 Å². The molecule has 40 heavy (non-hydrogen) atoms. The Morgan fingerprint density at radius 3 is 2.62 bits per heavy atom. The largest absolute Gasteiger partial charge is 0.475 e. The first-order chi connectivity index (χ1) is 19.2. The van der Waals surface area contributed by atoms with E-state index in [2.05, 4.69) is 34.4 Å². The third-order valence-corrected chi connectivity index (χ3v) is 9.23. The fraction of sp³-hybridized carbons (Fsp3) is 0.500. The van der Waals surface area contributed by atoms with Crippen LogP contribution in [0.25, 0.3) is 0 Å². The minimum atomic E-state index is -0.0735. The second-order valence-corrected chi connectivity index (χ2v) is 11.8. The summed E-state index contributed by atoms with van der Waals surface area (Å²) in [6.45, 7) is 11.7. The number of anilines is 2. The molecule has 0 aliphatic carbocycles. The number of nitrogens with zero attached hydrogens (tertiary/aromatic N) is 6. The second kappa shape index (κ2) is 11.9. The van der Waals surface area contributed by atoms with Gasteiger partial charge in [0.1, 0.15) is 18.2 Å². The van der Waals surface area contributed by atoms with Crippen LogP contribution < -0.4 is 14.5 Å². The molecule has 8 nitrogen and oxygen atoms in total.